The highest BCUT2D eigenvalue weighted by Crippen LogP contribution is 2.43. The summed E-state index contributed by atoms with van der Waals surface area (Å²) in [6.45, 7) is 25.6. The van der Waals surface area contributed by atoms with Gasteiger partial charge >= 0.3 is 8.56 Å². The lowest BCUT2D eigenvalue weighted by molar-refractivity contribution is -0.0312. The number of unbranched alkanes of at least 4 members (excludes halogenated alkanes) is 14. The number of fused-ring (bicyclic) bond motifs is 1. The smallest absolute Gasteiger partial charge is 0.334 e. The van der Waals surface area contributed by atoms with Crippen LogP contribution >= 0.6 is 0 Å². The molecule has 1 aromatic rings. The Kier molecular flexibility index (Phi) is 31.4. The van der Waals surface area contributed by atoms with Crippen molar-refractivity contribution in [2.75, 3.05) is 26.7 Å². The summed E-state index contributed by atoms with van der Waals surface area (Å²) in [6.07, 6.45) is 46.3. The van der Waals surface area contributed by atoms with Crippen molar-refractivity contribution < 1.29 is 18.3 Å². The first-order valence-corrected chi connectivity index (χ1v) is 30.1. The lowest BCUT2D eigenvalue weighted by Crippen LogP contribution is -2.41. The maximum absolute atomic E-state index is 6.97. The molecule has 0 aromatic heterocycles. The van der Waals surface area contributed by atoms with Crippen molar-refractivity contribution in [1.29, 1.82) is 0 Å². The van der Waals surface area contributed by atoms with Gasteiger partial charge in [-0.05, 0) is 153 Å². The average Bonchev–Trinajstić information content (AvgIpc) is 3.23. The van der Waals surface area contributed by atoms with Crippen LogP contribution in [0, 0.1) is 43.9 Å². The summed E-state index contributed by atoms with van der Waals surface area (Å²) in [5.74, 6) is 7.26. The molecule has 2 rings (SSSR count). The zero-order chi connectivity index (χ0) is 47.1. The summed E-state index contributed by atoms with van der Waals surface area (Å²) in [6, 6.07) is 2.22. The SMILES string of the molecule is C#CCN(C)CCCCCCO[Si](C)(C)OC(CCCCCCC/C=C\CCCCCCCC)Oc1cc(C)c2c(c1C)CCC(C)(CCCC(C)CCCC(C)CCCC(C)C)O2. The van der Waals surface area contributed by atoms with Crippen molar-refractivity contribution in [3.63, 3.8) is 0 Å². The first kappa shape index (κ1) is 58.3. The third-order valence-corrected chi connectivity index (χ3v) is 15.7. The van der Waals surface area contributed by atoms with Crippen LogP contribution in [0.2, 0.25) is 13.1 Å². The normalized spacial score (nSPS) is 16.9. The minimum absolute atomic E-state index is 0.113. The van der Waals surface area contributed by atoms with E-state index >= 15 is 0 Å². The fourth-order valence-corrected chi connectivity index (χ4v) is 11.1. The Bertz CT molecular complexity index is 1400. The Balaban J connectivity index is 1.93. The standard InChI is InChI=1S/C58H105NO4Si/c1-13-15-16-17-18-19-20-21-22-23-24-25-26-27-30-41-56(63-64(11,12)60-47-32-29-28-31-46-59(10)45-14-2)61-55-48-52(7)57-54(53(55)8)42-44-58(9,62-57)43-35-40-51(6)39-34-38-50(5)37-33-36-49(3)4/h2,21-22,48-51,56H,13,15-20,23-47H2,1,3-12H3/b22-21-. The molecule has 0 saturated heterocycles. The summed E-state index contributed by atoms with van der Waals surface area (Å²) in [7, 11) is -0.336. The van der Waals surface area contributed by atoms with Gasteiger partial charge in [0, 0.05) is 18.6 Å². The fourth-order valence-electron chi connectivity index (χ4n) is 9.56. The van der Waals surface area contributed by atoms with Crippen LogP contribution < -0.4 is 9.47 Å². The second kappa shape index (κ2) is 34.5. The topological polar surface area (TPSA) is 40.2 Å². The molecule has 4 unspecified atom stereocenters. The lowest BCUT2D eigenvalue weighted by Gasteiger charge is -2.38. The quantitative estimate of drug-likeness (QED) is 0.0216. The van der Waals surface area contributed by atoms with E-state index in [1.165, 1.54) is 158 Å². The first-order chi connectivity index (χ1) is 30.7. The summed E-state index contributed by atoms with van der Waals surface area (Å²) in [5.41, 5.74) is 3.59. The Morgan fingerprint density at radius 3 is 1.98 bits per heavy atom. The Labute approximate surface area is 400 Å². The van der Waals surface area contributed by atoms with E-state index in [4.69, 9.17) is 24.7 Å². The van der Waals surface area contributed by atoms with Crippen LogP contribution in [0.5, 0.6) is 11.5 Å². The summed E-state index contributed by atoms with van der Waals surface area (Å²) >= 11 is 0. The molecule has 0 spiro atoms. The molecule has 0 radical (unpaired) electrons. The second-order valence-corrected chi connectivity index (χ2v) is 25.0. The molecule has 5 nitrogen and oxygen atoms in total. The summed E-state index contributed by atoms with van der Waals surface area (Å²) in [5, 5.41) is 0. The van der Waals surface area contributed by atoms with Crippen LogP contribution in [0.15, 0.2) is 18.2 Å². The van der Waals surface area contributed by atoms with E-state index in [0.29, 0.717) is 0 Å². The molecule has 1 heterocycles. The zero-order valence-electron chi connectivity index (χ0n) is 44.3. The summed E-state index contributed by atoms with van der Waals surface area (Å²) in [4.78, 5) is 2.22. The van der Waals surface area contributed by atoms with Gasteiger partial charge in [-0.25, -0.2) is 0 Å². The summed E-state index contributed by atoms with van der Waals surface area (Å²) < 4.78 is 27.3. The third-order valence-electron chi connectivity index (χ3n) is 13.9. The van der Waals surface area contributed by atoms with Gasteiger partial charge in [-0.1, -0.05) is 162 Å². The molecular weight excluding hydrogens is 803 g/mol. The van der Waals surface area contributed by atoms with E-state index in [-0.39, 0.29) is 11.9 Å². The Morgan fingerprint density at radius 2 is 1.34 bits per heavy atom. The van der Waals surface area contributed by atoms with Gasteiger partial charge in [0.2, 0.25) is 0 Å². The molecule has 1 aliphatic rings. The third kappa shape index (κ3) is 27.1. The van der Waals surface area contributed by atoms with Gasteiger partial charge in [-0.3, -0.25) is 4.90 Å². The molecule has 1 aliphatic heterocycles. The molecule has 0 bridgehead atoms. The van der Waals surface area contributed by atoms with E-state index in [1.54, 1.807) is 0 Å². The fraction of sp³-hybridized carbons (Fsp3) is 0.828. The number of hydrogen-bond donors (Lipinski definition) is 0. The molecule has 0 saturated carbocycles. The largest absolute Gasteiger partial charge is 0.487 e. The van der Waals surface area contributed by atoms with Crippen LogP contribution in [0.3, 0.4) is 0 Å². The molecule has 6 heteroatoms. The van der Waals surface area contributed by atoms with Gasteiger partial charge in [-0.15, -0.1) is 6.42 Å². The number of rotatable bonds is 40. The van der Waals surface area contributed by atoms with Crippen LogP contribution in [0.4, 0.5) is 0 Å². The number of benzene rings is 1. The van der Waals surface area contributed by atoms with Gasteiger partial charge in [0.25, 0.3) is 0 Å². The van der Waals surface area contributed by atoms with Crippen LogP contribution in [-0.2, 0) is 15.3 Å². The van der Waals surface area contributed by atoms with Crippen molar-refractivity contribution in [3.8, 4) is 23.8 Å². The number of ether oxygens (including phenoxy) is 2. The maximum atomic E-state index is 6.97. The highest BCUT2D eigenvalue weighted by atomic mass is 28.4. The van der Waals surface area contributed by atoms with Crippen LogP contribution in [0.25, 0.3) is 0 Å². The van der Waals surface area contributed by atoms with Crippen molar-refractivity contribution >= 4 is 8.56 Å². The minimum Gasteiger partial charge on any atom is -0.487 e. The molecule has 1 aromatic carbocycles. The highest BCUT2D eigenvalue weighted by Gasteiger charge is 2.35. The van der Waals surface area contributed by atoms with Crippen molar-refractivity contribution in [2.45, 2.75) is 267 Å². The van der Waals surface area contributed by atoms with Gasteiger partial charge in [0.1, 0.15) is 17.1 Å². The number of allylic oxidation sites excluding steroid dienone is 2. The highest BCUT2D eigenvalue weighted by molar-refractivity contribution is 6.64. The van der Waals surface area contributed by atoms with Gasteiger partial charge in [0.15, 0.2) is 6.29 Å². The van der Waals surface area contributed by atoms with Crippen molar-refractivity contribution in [1.82, 2.24) is 4.90 Å². The number of aryl methyl sites for hydroxylation is 1. The molecule has 0 fully saturated rings. The molecule has 64 heavy (non-hydrogen) atoms. The lowest BCUT2D eigenvalue weighted by atomic mass is 9.84. The van der Waals surface area contributed by atoms with Gasteiger partial charge in [-0.2, -0.15) is 0 Å². The monoisotopic (exact) mass is 908 g/mol. The molecule has 0 amide bonds. The zero-order valence-corrected chi connectivity index (χ0v) is 45.3. The van der Waals surface area contributed by atoms with Crippen LogP contribution in [-0.4, -0.2) is 52.1 Å². The van der Waals surface area contributed by atoms with E-state index < -0.39 is 8.56 Å². The minimum atomic E-state index is -2.44. The first-order valence-electron chi connectivity index (χ1n) is 27.3. The Morgan fingerprint density at radius 1 is 0.766 bits per heavy atom. The van der Waals surface area contributed by atoms with Crippen molar-refractivity contribution in [3.05, 3.63) is 34.9 Å². The molecule has 370 valence electrons. The van der Waals surface area contributed by atoms with Crippen molar-refractivity contribution in [2.24, 2.45) is 17.8 Å². The average molecular weight is 909 g/mol. The van der Waals surface area contributed by atoms with E-state index in [9.17, 15) is 0 Å². The molecule has 0 aliphatic carbocycles. The second-order valence-electron chi connectivity index (χ2n) is 21.7. The number of nitrogens with zero attached hydrogens (tertiary/aromatic N) is 1. The van der Waals surface area contributed by atoms with E-state index in [0.717, 1.165) is 93.9 Å². The molecule has 4 atom stereocenters. The van der Waals surface area contributed by atoms with Crippen LogP contribution in [0.1, 0.15) is 238 Å². The number of hydrogen-bond acceptors (Lipinski definition) is 5. The van der Waals surface area contributed by atoms with E-state index in [1.807, 2.05) is 0 Å². The van der Waals surface area contributed by atoms with E-state index in [2.05, 4.69) is 105 Å². The maximum Gasteiger partial charge on any atom is 0.334 e. The number of terminal acetylenes is 1. The molecular formula is C58H105NO4Si. The predicted octanol–water partition coefficient (Wildman–Crippen LogP) is 17.4. The van der Waals surface area contributed by atoms with Gasteiger partial charge in [0.05, 0.1) is 6.54 Å². The van der Waals surface area contributed by atoms with Gasteiger partial charge < -0.3 is 18.3 Å². The Hall–Kier alpha value is -1.78. The molecule has 0 N–H and O–H groups in total. The predicted molar refractivity (Wildman–Crippen MR) is 281 cm³/mol.